The van der Waals surface area contributed by atoms with Crippen LogP contribution in [0.4, 0.5) is 0 Å². The molecule has 0 atom stereocenters. The van der Waals surface area contributed by atoms with Crippen LogP contribution in [0.25, 0.3) is 11.5 Å². The van der Waals surface area contributed by atoms with Crippen LogP contribution in [0.15, 0.2) is 24.8 Å². The molecule has 0 aliphatic rings. The summed E-state index contributed by atoms with van der Waals surface area (Å²) in [6, 6.07) is 1.68. The molecule has 0 amide bonds. The second-order valence-electron chi connectivity index (χ2n) is 3.31. The van der Waals surface area contributed by atoms with Gasteiger partial charge < -0.3 is 5.11 Å². The van der Waals surface area contributed by atoms with Gasteiger partial charge in [0.05, 0.1) is 11.3 Å². The summed E-state index contributed by atoms with van der Waals surface area (Å²) in [6.07, 6.45) is 4.83. The van der Waals surface area contributed by atoms with Crippen LogP contribution >= 0.6 is 0 Å². The van der Waals surface area contributed by atoms with E-state index in [1.807, 2.05) is 6.92 Å². The van der Waals surface area contributed by atoms with Crippen LogP contribution in [0.1, 0.15) is 23.0 Å². The van der Waals surface area contributed by atoms with Gasteiger partial charge in [0.15, 0.2) is 5.82 Å². The van der Waals surface area contributed by atoms with Gasteiger partial charge in [-0.2, -0.15) is 0 Å². The third-order valence-electron chi connectivity index (χ3n) is 2.24. The third kappa shape index (κ3) is 2.25. The van der Waals surface area contributed by atoms with E-state index in [-0.39, 0.29) is 5.56 Å². The van der Waals surface area contributed by atoms with Crippen LogP contribution in [-0.4, -0.2) is 31.0 Å². The predicted molar refractivity (Wildman–Crippen MR) is 59.4 cm³/mol. The van der Waals surface area contributed by atoms with Gasteiger partial charge in [0, 0.05) is 12.4 Å². The Bertz CT molecular complexity index is 542. The molecule has 0 bridgehead atoms. The molecule has 0 fully saturated rings. The molecule has 2 rings (SSSR count). The lowest BCUT2D eigenvalue weighted by Gasteiger charge is -2.04. The molecule has 2 heterocycles. The summed E-state index contributed by atoms with van der Waals surface area (Å²) in [7, 11) is 0. The predicted octanol–water partition coefficient (Wildman–Crippen LogP) is 1.19. The number of rotatable bonds is 3. The van der Waals surface area contributed by atoms with E-state index in [1.165, 1.54) is 12.5 Å². The fourth-order valence-electron chi connectivity index (χ4n) is 1.41. The van der Waals surface area contributed by atoms with E-state index < -0.39 is 5.97 Å². The zero-order chi connectivity index (χ0) is 12.3. The monoisotopic (exact) mass is 230 g/mol. The van der Waals surface area contributed by atoms with Crippen molar-refractivity contribution < 1.29 is 9.90 Å². The smallest absolute Gasteiger partial charge is 0.339 e. The van der Waals surface area contributed by atoms with Crippen LogP contribution < -0.4 is 0 Å². The van der Waals surface area contributed by atoms with Crippen LogP contribution in [0.2, 0.25) is 0 Å². The number of aryl methyl sites for hydroxylation is 1. The van der Waals surface area contributed by atoms with E-state index in [2.05, 4.69) is 19.9 Å². The molecule has 86 valence electrons. The Kier molecular flexibility index (Phi) is 3.04. The Balaban J connectivity index is 2.49. The molecule has 6 heteroatoms. The van der Waals surface area contributed by atoms with Gasteiger partial charge in [-0.05, 0) is 12.5 Å². The Morgan fingerprint density at radius 1 is 1.41 bits per heavy atom. The van der Waals surface area contributed by atoms with Crippen molar-refractivity contribution in [3.8, 4) is 11.5 Å². The van der Waals surface area contributed by atoms with Crippen LogP contribution in [0, 0.1) is 0 Å². The molecule has 0 aliphatic carbocycles. The summed E-state index contributed by atoms with van der Waals surface area (Å²) >= 11 is 0. The molecular formula is C11H10N4O2. The highest BCUT2D eigenvalue weighted by Gasteiger charge is 2.13. The van der Waals surface area contributed by atoms with Gasteiger partial charge in [-0.1, -0.05) is 6.92 Å². The first-order chi connectivity index (χ1) is 8.22. The molecule has 0 aliphatic heterocycles. The normalized spacial score (nSPS) is 10.2. The van der Waals surface area contributed by atoms with Crippen molar-refractivity contribution in [2.24, 2.45) is 0 Å². The maximum atomic E-state index is 10.9. The highest BCUT2D eigenvalue weighted by molar-refractivity contribution is 5.88. The molecule has 2 aromatic heterocycles. The summed E-state index contributed by atoms with van der Waals surface area (Å²) < 4.78 is 0. The van der Waals surface area contributed by atoms with Gasteiger partial charge in [-0.3, -0.25) is 0 Å². The van der Waals surface area contributed by atoms with Crippen molar-refractivity contribution in [1.82, 2.24) is 19.9 Å². The lowest BCUT2D eigenvalue weighted by molar-refractivity contribution is 0.0694. The lowest BCUT2D eigenvalue weighted by Crippen LogP contribution is -2.07. The molecule has 0 saturated carbocycles. The van der Waals surface area contributed by atoms with Crippen LogP contribution in [0.5, 0.6) is 0 Å². The number of aromatic nitrogens is 4. The average molecular weight is 230 g/mol. The van der Waals surface area contributed by atoms with Gasteiger partial charge in [-0.15, -0.1) is 0 Å². The fraction of sp³-hybridized carbons (Fsp3) is 0.182. The first kappa shape index (κ1) is 11.1. The summed E-state index contributed by atoms with van der Waals surface area (Å²) in [6.45, 7) is 1.85. The SMILES string of the molecule is CCc1nc(-c2ccncn2)ncc1C(=O)O. The molecule has 1 N–H and O–H groups in total. The maximum absolute atomic E-state index is 10.9. The van der Waals surface area contributed by atoms with Crippen LogP contribution in [-0.2, 0) is 6.42 Å². The molecule has 0 spiro atoms. The molecule has 0 unspecified atom stereocenters. The standard InChI is InChI=1S/C11H10N4O2/c1-2-8-7(11(16)17)5-13-10(15-8)9-3-4-12-6-14-9/h3-6H,2H2,1H3,(H,16,17). The van der Waals surface area contributed by atoms with E-state index in [0.29, 0.717) is 23.6 Å². The zero-order valence-corrected chi connectivity index (χ0v) is 9.16. The molecule has 0 aromatic carbocycles. The molecule has 6 nitrogen and oxygen atoms in total. The number of nitrogens with zero attached hydrogens (tertiary/aromatic N) is 4. The van der Waals surface area contributed by atoms with E-state index in [4.69, 9.17) is 5.11 Å². The second-order valence-corrected chi connectivity index (χ2v) is 3.31. The topological polar surface area (TPSA) is 88.9 Å². The number of hydrogen-bond acceptors (Lipinski definition) is 5. The van der Waals surface area contributed by atoms with E-state index >= 15 is 0 Å². The van der Waals surface area contributed by atoms with Crippen molar-refractivity contribution in [2.45, 2.75) is 13.3 Å². The first-order valence-corrected chi connectivity index (χ1v) is 5.08. The van der Waals surface area contributed by atoms with Crippen molar-refractivity contribution >= 4 is 5.97 Å². The number of carbonyl (C=O) groups is 1. The van der Waals surface area contributed by atoms with Crippen LogP contribution in [0.3, 0.4) is 0 Å². The lowest BCUT2D eigenvalue weighted by atomic mass is 10.2. The first-order valence-electron chi connectivity index (χ1n) is 5.08. The Hall–Kier alpha value is -2.37. The molecular weight excluding hydrogens is 220 g/mol. The number of carboxylic acids is 1. The van der Waals surface area contributed by atoms with Gasteiger partial charge in [0.2, 0.25) is 0 Å². The Labute approximate surface area is 97.4 Å². The van der Waals surface area contributed by atoms with Crippen molar-refractivity contribution in [3.63, 3.8) is 0 Å². The maximum Gasteiger partial charge on any atom is 0.339 e. The minimum absolute atomic E-state index is 0.130. The highest BCUT2D eigenvalue weighted by Crippen LogP contribution is 2.13. The van der Waals surface area contributed by atoms with Gasteiger partial charge in [-0.25, -0.2) is 24.7 Å². The van der Waals surface area contributed by atoms with Crippen molar-refractivity contribution in [2.75, 3.05) is 0 Å². The molecule has 0 radical (unpaired) electrons. The van der Waals surface area contributed by atoms with E-state index in [0.717, 1.165) is 0 Å². The quantitative estimate of drug-likeness (QED) is 0.852. The summed E-state index contributed by atoms with van der Waals surface area (Å²) in [5.41, 5.74) is 1.21. The van der Waals surface area contributed by atoms with E-state index in [1.54, 1.807) is 12.3 Å². The summed E-state index contributed by atoms with van der Waals surface area (Å²) in [5, 5.41) is 8.95. The van der Waals surface area contributed by atoms with E-state index in [9.17, 15) is 4.79 Å². The van der Waals surface area contributed by atoms with Crippen molar-refractivity contribution in [1.29, 1.82) is 0 Å². The Morgan fingerprint density at radius 2 is 2.24 bits per heavy atom. The molecule has 2 aromatic rings. The minimum atomic E-state index is -1.02. The number of aromatic carboxylic acids is 1. The molecule has 0 saturated heterocycles. The second kappa shape index (κ2) is 4.65. The largest absolute Gasteiger partial charge is 0.478 e. The summed E-state index contributed by atoms with van der Waals surface area (Å²) in [4.78, 5) is 26.9. The summed E-state index contributed by atoms with van der Waals surface area (Å²) in [5.74, 6) is -0.606. The van der Waals surface area contributed by atoms with Gasteiger partial charge >= 0.3 is 5.97 Å². The van der Waals surface area contributed by atoms with Crippen molar-refractivity contribution in [3.05, 3.63) is 36.0 Å². The Morgan fingerprint density at radius 3 is 2.82 bits per heavy atom. The number of carboxylic acid groups (broad SMARTS) is 1. The highest BCUT2D eigenvalue weighted by atomic mass is 16.4. The third-order valence-corrected chi connectivity index (χ3v) is 2.24. The minimum Gasteiger partial charge on any atom is -0.478 e. The average Bonchev–Trinajstić information content (AvgIpc) is 2.39. The zero-order valence-electron chi connectivity index (χ0n) is 9.16. The number of hydrogen-bond donors (Lipinski definition) is 1. The molecule has 17 heavy (non-hydrogen) atoms. The van der Waals surface area contributed by atoms with Gasteiger partial charge in [0.1, 0.15) is 12.0 Å². The fourth-order valence-corrected chi connectivity index (χ4v) is 1.41. The van der Waals surface area contributed by atoms with Gasteiger partial charge in [0.25, 0.3) is 0 Å².